The summed E-state index contributed by atoms with van der Waals surface area (Å²) in [6, 6.07) is 1.37. The van der Waals surface area contributed by atoms with Gasteiger partial charge in [-0.3, -0.25) is 0 Å². The average Bonchev–Trinajstić information content (AvgIpc) is 2.40. The molecule has 0 heterocycles. The van der Waals surface area contributed by atoms with Crippen LogP contribution in [0, 0.1) is 17.5 Å². The van der Waals surface area contributed by atoms with E-state index in [0.717, 1.165) is 18.6 Å². The second-order valence-corrected chi connectivity index (χ2v) is 4.37. The summed E-state index contributed by atoms with van der Waals surface area (Å²) in [7, 11) is 0. The quantitative estimate of drug-likeness (QED) is 0.666. The molecule has 0 spiro atoms. The van der Waals surface area contributed by atoms with E-state index in [4.69, 9.17) is 10.8 Å². The fourth-order valence-corrected chi connectivity index (χ4v) is 1.92. The summed E-state index contributed by atoms with van der Waals surface area (Å²) >= 11 is 0. The number of nitrogens with one attached hydrogen (secondary N) is 1. The van der Waals surface area contributed by atoms with Gasteiger partial charge in [-0.2, -0.15) is 0 Å². The van der Waals surface area contributed by atoms with Gasteiger partial charge in [-0.15, -0.1) is 0 Å². The van der Waals surface area contributed by atoms with E-state index in [1.807, 2.05) is 6.92 Å². The van der Waals surface area contributed by atoms with E-state index in [0.29, 0.717) is 6.42 Å². The third-order valence-corrected chi connectivity index (χ3v) is 3.05. The monoisotopic (exact) mass is 276 g/mol. The van der Waals surface area contributed by atoms with Gasteiger partial charge in [-0.25, -0.2) is 13.2 Å². The molecule has 1 aromatic carbocycles. The molecule has 0 aromatic heterocycles. The molecule has 2 atom stereocenters. The number of hydrogen-bond donors (Lipinski definition) is 3. The molecule has 1 rings (SSSR count). The van der Waals surface area contributed by atoms with E-state index in [1.165, 1.54) is 0 Å². The van der Waals surface area contributed by atoms with Gasteiger partial charge in [0.25, 0.3) is 0 Å². The van der Waals surface area contributed by atoms with E-state index in [1.54, 1.807) is 0 Å². The minimum Gasteiger partial charge on any atom is -0.396 e. The maximum Gasteiger partial charge on any atom is 0.194 e. The van der Waals surface area contributed by atoms with Crippen molar-refractivity contribution in [3.63, 3.8) is 0 Å². The predicted octanol–water partition coefficient (Wildman–Crippen LogP) is 1.85. The number of nitrogens with two attached hydrogens (primary N) is 1. The molecular weight excluding hydrogens is 257 g/mol. The zero-order valence-corrected chi connectivity index (χ0v) is 10.8. The maximum absolute atomic E-state index is 13.2. The van der Waals surface area contributed by atoms with Crippen molar-refractivity contribution >= 4 is 0 Å². The Morgan fingerprint density at radius 3 is 2.26 bits per heavy atom. The molecule has 108 valence electrons. The van der Waals surface area contributed by atoms with E-state index in [9.17, 15) is 13.2 Å². The number of aliphatic hydroxyl groups excluding tert-OH is 1. The second-order valence-electron chi connectivity index (χ2n) is 4.37. The molecule has 6 heteroatoms. The minimum atomic E-state index is -1.48. The lowest BCUT2D eigenvalue weighted by molar-refractivity contribution is 0.255. The van der Waals surface area contributed by atoms with Gasteiger partial charge >= 0.3 is 0 Å². The number of benzene rings is 1. The molecule has 3 nitrogen and oxygen atoms in total. The van der Waals surface area contributed by atoms with Crippen LogP contribution in [0.4, 0.5) is 13.2 Å². The fraction of sp³-hybridized carbons (Fsp3) is 0.538. The standard InChI is InChI=1S/C13H19F3N2O/c1-2-9(3-4-19)18-12(7-17)8-5-10(14)13(16)11(15)6-8/h5-6,9,12,18-19H,2-4,7,17H2,1H3. The van der Waals surface area contributed by atoms with E-state index in [2.05, 4.69) is 5.32 Å². The Labute approximate surface area is 110 Å². The Kier molecular flexibility index (Phi) is 6.27. The van der Waals surface area contributed by atoms with Crippen LogP contribution < -0.4 is 11.1 Å². The lowest BCUT2D eigenvalue weighted by Crippen LogP contribution is -2.37. The van der Waals surface area contributed by atoms with Crippen LogP contribution in [0.5, 0.6) is 0 Å². The number of hydrogen-bond acceptors (Lipinski definition) is 3. The van der Waals surface area contributed by atoms with Crippen molar-refractivity contribution in [3.8, 4) is 0 Å². The van der Waals surface area contributed by atoms with Gasteiger partial charge in [0.15, 0.2) is 17.5 Å². The smallest absolute Gasteiger partial charge is 0.194 e. The topological polar surface area (TPSA) is 58.3 Å². The predicted molar refractivity (Wildman–Crippen MR) is 67.0 cm³/mol. The summed E-state index contributed by atoms with van der Waals surface area (Å²) in [5.41, 5.74) is 5.84. The SMILES string of the molecule is CCC(CCO)NC(CN)c1cc(F)c(F)c(F)c1. The minimum absolute atomic E-state index is 0.00887. The molecule has 1 aromatic rings. The summed E-state index contributed by atoms with van der Waals surface area (Å²) in [5, 5.41) is 12.0. The molecule has 19 heavy (non-hydrogen) atoms. The van der Waals surface area contributed by atoms with Crippen LogP contribution in [-0.2, 0) is 0 Å². The average molecular weight is 276 g/mol. The van der Waals surface area contributed by atoms with Gasteiger partial charge < -0.3 is 16.2 Å². The molecule has 0 saturated carbocycles. The van der Waals surface area contributed by atoms with Crippen LogP contribution in [-0.4, -0.2) is 24.3 Å². The van der Waals surface area contributed by atoms with Crippen LogP contribution in [0.25, 0.3) is 0 Å². The van der Waals surface area contributed by atoms with Gasteiger partial charge in [0.05, 0.1) is 0 Å². The van der Waals surface area contributed by atoms with Gasteiger partial charge in [0, 0.05) is 25.2 Å². The Morgan fingerprint density at radius 2 is 1.84 bits per heavy atom. The summed E-state index contributed by atoms with van der Waals surface area (Å²) in [6.45, 7) is 2.05. The van der Waals surface area contributed by atoms with Crippen molar-refractivity contribution in [2.75, 3.05) is 13.2 Å². The van der Waals surface area contributed by atoms with E-state index >= 15 is 0 Å². The number of aliphatic hydroxyl groups is 1. The molecular formula is C13H19F3N2O. The normalized spacial score (nSPS) is 14.4. The van der Waals surface area contributed by atoms with Crippen molar-refractivity contribution in [2.24, 2.45) is 5.73 Å². The van der Waals surface area contributed by atoms with Gasteiger partial charge in [-0.1, -0.05) is 6.92 Å². The van der Waals surface area contributed by atoms with Crippen LogP contribution in [0.1, 0.15) is 31.4 Å². The van der Waals surface area contributed by atoms with Crippen LogP contribution in [0.15, 0.2) is 12.1 Å². The van der Waals surface area contributed by atoms with Crippen LogP contribution in [0.3, 0.4) is 0 Å². The zero-order valence-electron chi connectivity index (χ0n) is 10.8. The Hall–Kier alpha value is -1.11. The molecule has 0 bridgehead atoms. The zero-order chi connectivity index (χ0) is 14.4. The molecule has 0 aliphatic rings. The molecule has 0 amide bonds. The number of rotatable bonds is 7. The Bertz CT molecular complexity index is 392. The molecule has 2 unspecified atom stereocenters. The van der Waals surface area contributed by atoms with Crippen molar-refractivity contribution < 1.29 is 18.3 Å². The highest BCUT2D eigenvalue weighted by atomic mass is 19.2. The fourth-order valence-electron chi connectivity index (χ4n) is 1.92. The Morgan fingerprint density at radius 1 is 1.26 bits per heavy atom. The van der Waals surface area contributed by atoms with Crippen LogP contribution in [0.2, 0.25) is 0 Å². The molecule has 0 radical (unpaired) electrons. The molecule has 4 N–H and O–H groups in total. The first-order valence-corrected chi connectivity index (χ1v) is 6.24. The van der Waals surface area contributed by atoms with Crippen molar-refractivity contribution in [1.82, 2.24) is 5.32 Å². The summed E-state index contributed by atoms with van der Waals surface area (Å²) < 4.78 is 39.3. The van der Waals surface area contributed by atoms with Gasteiger partial charge in [0.2, 0.25) is 0 Å². The first-order valence-electron chi connectivity index (χ1n) is 6.24. The van der Waals surface area contributed by atoms with Crippen molar-refractivity contribution in [2.45, 2.75) is 31.8 Å². The third kappa shape index (κ3) is 4.19. The molecule has 0 aliphatic carbocycles. The number of halogens is 3. The summed E-state index contributed by atoms with van der Waals surface area (Å²) in [5.74, 6) is -3.95. The summed E-state index contributed by atoms with van der Waals surface area (Å²) in [6.07, 6.45) is 1.25. The highest BCUT2D eigenvalue weighted by Crippen LogP contribution is 2.20. The first kappa shape index (κ1) is 15.9. The first-order chi connectivity index (χ1) is 9.03. The van der Waals surface area contributed by atoms with Crippen molar-refractivity contribution in [1.29, 1.82) is 0 Å². The van der Waals surface area contributed by atoms with Gasteiger partial charge in [-0.05, 0) is 30.5 Å². The van der Waals surface area contributed by atoms with Crippen LogP contribution >= 0.6 is 0 Å². The molecule has 0 saturated heterocycles. The summed E-state index contributed by atoms with van der Waals surface area (Å²) in [4.78, 5) is 0. The second kappa shape index (κ2) is 7.47. The van der Waals surface area contributed by atoms with E-state index < -0.39 is 23.5 Å². The molecule has 0 fully saturated rings. The molecule has 0 aliphatic heterocycles. The van der Waals surface area contributed by atoms with Gasteiger partial charge in [0.1, 0.15) is 0 Å². The lowest BCUT2D eigenvalue weighted by Gasteiger charge is -2.24. The highest BCUT2D eigenvalue weighted by molar-refractivity contribution is 5.23. The lowest BCUT2D eigenvalue weighted by atomic mass is 10.0. The van der Waals surface area contributed by atoms with Crippen molar-refractivity contribution in [3.05, 3.63) is 35.1 Å². The Balaban J connectivity index is 2.90. The third-order valence-electron chi connectivity index (χ3n) is 3.05. The largest absolute Gasteiger partial charge is 0.396 e. The maximum atomic E-state index is 13.2. The van der Waals surface area contributed by atoms with E-state index in [-0.39, 0.29) is 24.8 Å². The highest BCUT2D eigenvalue weighted by Gasteiger charge is 2.18.